The van der Waals surface area contributed by atoms with Crippen LogP contribution in [-0.2, 0) is 4.79 Å². The van der Waals surface area contributed by atoms with Gasteiger partial charge in [0.25, 0.3) is 5.91 Å². The second-order valence-corrected chi connectivity index (χ2v) is 7.11. The maximum absolute atomic E-state index is 12.8. The number of nitrogens with zero attached hydrogens (tertiary/aromatic N) is 2. The van der Waals surface area contributed by atoms with Crippen LogP contribution in [0, 0.1) is 5.92 Å². The molecular formula is C16H24ClN3O2S. The number of carbonyl (C=O) groups excluding carboxylic acids is 2. The third-order valence-electron chi connectivity index (χ3n) is 4.71. The van der Waals surface area contributed by atoms with Gasteiger partial charge in [-0.3, -0.25) is 9.59 Å². The van der Waals surface area contributed by atoms with Crippen molar-refractivity contribution < 1.29 is 9.59 Å². The van der Waals surface area contributed by atoms with E-state index in [4.69, 9.17) is 5.73 Å². The summed E-state index contributed by atoms with van der Waals surface area (Å²) in [4.78, 5) is 29.9. The molecule has 1 aromatic heterocycles. The minimum absolute atomic E-state index is 0. The summed E-state index contributed by atoms with van der Waals surface area (Å²) < 4.78 is 0. The number of rotatable bonds is 3. The van der Waals surface area contributed by atoms with Crippen LogP contribution in [0.2, 0.25) is 0 Å². The highest BCUT2D eigenvalue weighted by Crippen LogP contribution is 2.25. The fourth-order valence-electron chi connectivity index (χ4n) is 3.41. The monoisotopic (exact) mass is 357 g/mol. The number of thiophene rings is 1. The van der Waals surface area contributed by atoms with Crippen molar-refractivity contribution in [3.63, 3.8) is 0 Å². The molecule has 3 heterocycles. The van der Waals surface area contributed by atoms with Gasteiger partial charge >= 0.3 is 0 Å². The molecule has 2 N–H and O–H groups in total. The first-order chi connectivity index (χ1) is 10.7. The van der Waals surface area contributed by atoms with Gasteiger partial charge in [0.1, 0.15) is 6.04 Å². The van der Waals surface area contributed by atoms with Crippen LogP contribution in [0.25, 0.3) is 0 Å². The van der Waals surface area contributed by atoms with E-state index < -0.39 is 0 Å². The Balaban J connectivity index is 0.00000192. The first-order valence-electron chi connectivity index (χ1n) is 8.04. The van der Waals surface area contributed by atoms with E-state index in [1.807, 2.05) is 22.4 Å². The Hall–Kier alpha value is -1.11. The molecule has 2 amide bonds. The summed E-state index contributed by atoms with van der Waals surface area (Å²) in [6, 6.07) is 3.42. The Morgan fingerprint density at radius 2 is 2.09 bits per heavy atom. The lowest BCUT2D eigenvalue weighted by molar-refractivity contribution is -0.136. The number of hydrogen-bond acceptors (Lipinski definition) is 4. The van der Waals surface area contributed by atoms with E-state index in [9.17, 15) is 9.59 Å². The van der Waals surface area contributed by atoms with Crippen LogP contribution in [0.3, 0.4) is 0 Å². The minimum atomic E-state index is -0.292. The van der Waals surface area contributed by atoms with Crippen LogP contribution in [0.15, 0.2) is 17.5 Å². The molecule has 2 saturated heterocycles. The molecule has 0 bridgehead atoms. The van der Waals surface area contributed by atoms with Crippen LogP contribution in [0.5, 0.6) is 0 Å². The summed E-state index contributed by atoms with van der Waals surface area (Å²) in [5, 5.41) is 1.90. The molecule has 3 rings (SSSR count). The van der Waals surface area contributed by atoms with Gasteiger partial charge in [0, 0.05) is 19.6 Å². The summed E-state index contributed by atoms with van der Waals surface area (Å²) in [6.45, 7) is 2.83. The summed E-state index contributed by atoms with van der Waals surface area (Å²) in [5.41, 5.74) is 5.71. The normalized spacial score (nSPS) is 24.4. The number of halogens is 1. The Morgan fingerprint density at radius 1 is 1.26 bits per heavy atom. The molecule has 7 heteroatoms. The van der Waals surface area contributed by atoms with Gasteiger partial charge in [-0.2, -0.15) is 0 Å². The van der Waals surface area contributed by atoms with Crippen molar-refractivity contribution in [2.75, 3.05) is 26.2 Å². The number of amides is 2. The molecule has 2 atom stereocenters. The smallest absolute Gasteiger partial charge is 0.264 e. The summed E-state index contributed by atoms with van der Waals surface area (Å²) in [7, 11) is 0. The fourth-order valence-corrected chi connectivity index (χ4v) is 4.09. The van der Waals surface area contributed by atoms with Crippen molar-refractivity contribution in [2.24, 2.45) is 11.7 Å². The van der Waals surface area contributed by atoms with Gasteiger partial charge in [-0.25, -0.2) is 0 Å². The molecule has 23 heavy (non-hydrogen) atoms. The highest BCUT2D eigenvalue weighted by atomic mass is 35.5. The SMILES string of the molecule is Cl.NCC1CCN(C(=O)C2CCCCN2C(=O)c2cccs2)C1. The Morgan fingerprint density at radius 3 is 2.74 bits per heavy atom. The second kappa shape index (κ2) is 8.13. The maximum atomic E-state index is 12.8. The molecule has 0 saturated carbocycles. The number of likely N-dealkylation sites (tertiary alicyclic amines) is 2. The van der Waals surface area contributed by atoms with Gasteiger partial charge in [-0.15, -0.1) is 23.7 Å². The molecule has 2 aliphatic heterocycles. The molecule has 0 spiro atoms. The lowest BCUT2D eigenvalue weighted by Crippen LogP contribution is -2.52. The van der Waals surface area contributed by atoms with E-state index in [-0.39, 0.29) is 30.3 Å². The number of hydrogen-bond donors (Lipinski definition) is 1. The average molecular weight is 358 g/mol. The van der Waals surface area contributed by atoms with Crippen molar-refractivity contribution in [3.05, 3.63) is 22.4 Å². The number of nitrogens with two attached hydrogens (primary N) is 1. The third-order valence-corrected chi connectivity index (χ3v) is 5.57. The predicted octanol–water partition coefficient (Wildman–Crippen LogP) is 1.97. The van der Waals surface area contributed by atoms with E-state index >= 15 is 0 Å². The van der Waals surface area contributed by atoms with Crippen LogP contribution in [0.4, 0.5) is 0 Å². The zero-order valence-electron chi connectivity index (χ0n) is 13.1. The quantitative estimate of drug-likeness (QED) is 0.899. The van der Waals surface area contributed by atoms with Crippen molar-refractivity contribution in [1.29, 1.82) is 0 Å². The molecule has 2 unspecified atom stereocenters. The van der Waals surface area contributed by atoms with Gasteiger partial charge in [0.15, 0.2) is 0 Å². The average Bonchev–Trinajstić information content (AvgIpc) is 3.24. The summed E-state index contributed by atoms with van der Waals surface area (Å²) in [6.07, 6.45) is 3.75. The van der Waals surface area contributed by atoms with Crippen LogP contribution >= 0.6 is 23.7 Å². The highest BCUT2D eigenvalue weighted by Gasteiger charge is 2.37. The first-order valence-corrected chi connectivity index (χ1v) is 8.92. The minimum Gasteiger partial charge on any atom is -0.341 e. The Labute approximate surface area is 147 Å². The van der Waals surface area contributed by atoms with E-state index in [0.29, 0.717) is 19.0 Å². The molecule has 5 nitrogen and oxygen atoms in total. The van der Waals surface area contributed by atoms with Gasteiger partial charge in [0.2, 0.25) is 5.91 Å². The molecule has 2 aliphatic rings. The number of carbonyl (C=O) groups is 2. The molecule has 128 valence electrons. The van der Waals surface area contributed by atoms with Gasteiger partial charge in [0.05, 0.1) is 4.88 Å². The zero-order chi connectivity index (χ0) is 15.5. The Kier molecular flexibility index (Phi) is 6.44. The maximum Gasteiger partial charge on any atom is 0.264 e. The molecular weight excluding hydrogens is 334 g/mol. The highest BCUT2D eigenvalue weighted by molar-refractivity contribution is 7.12. The van der Waals surface area contributed by atoms with Crippen molar-refractivity contribution in [1.82, 2.24) is 9.80 Å². The molecule has 0 aliphatic carbocycles. The standard InChI is InChI=1S/C16H23N3O2S.ClH/c17-10-12-6-8-18(11-12)15(20)13-4-1-2-7-19(13)16(21)14-5-3-9-22-14;/h3,5,9,12-13H,1-2,4,6-8,10-11,17H2;1H. The lowest BCUT2D eigenvalue weighted by Gasteiger charge is -2.36. The van der Waals surface area contributed by atoms with E-state index in [1.165, 1.54) is 11.3 Å². The fraction of sp³-hybridized carbons (Fsp3) is 0.625. The van der Waals surface area contributed by atoms with Gasteiger partial charge in [-0.1, -0.05) is 6.07 Å². The Bertz CT molecular complexity index is 537. The van der Waals surface area contributed by atoms with Crippen molar-refractivity contribution >= 4 is 35.6 Å². The summed E-state index contributed by atoms with van der Waals surface area (Å²) in [5.74, 6) is 0.525. The van der Waals surface area contributed by atoms with Crippen LogP contribution in [0.1, 0.15) is 35.4 Å². The van der Waals surface area contributed by atoms with Crippen LogP contribution in [-0.4, -0.2) is 53.8 Å². The third kappa shape index (κ3) is 3.87. The van der Waals surface area contributed by atoms with E-state index in [2.05, 4.69) is 0 Å². The second-order valence-electron chi connectivity index (χ2n) is 6.16. The predicted molar refractivity (Wildman–Crippen MR) is 94.0 cm³/mol. The van der Waals surface area contributed by atoms with Crippen molar-refractivity contribution in [2.45, 2.75) is 31.7 Å². The first kappa shape index (κ1) is 18.2. The van der Waals surface area contributed by atoms with E-state index in [0.717, 1.165) is 43.6 Å². The lowest BCUT2D eigenvalue weighted by atomic mass is 10.0. The number of piperidine rings is 1. The largest absolute Gasteiger partial charge is 0.341 e. The molecule has 0 radical (unpaired) electrons. The topological polar surface area (TPSA) is 66.6 Å². The molecule has 1 aromatic rings. The van der Waals surface area contributed by atoms with Gasteiger partial charge in [-0.05, 0) is 49.6 Å². The molecule has 0 aromatic carbocycles. The summed E-state index contributed by atoms with van der Waals surface area (Å²) >= 11 is 1.44. The van der Waals surface area contributed by atoms with E-state index in [1.54, 1.807) is 4.90 Å². The van der Waals surface area contributed by atoms with Crippen molar-refractivity contribution in [3.8, 4) is 0 Å². The zero-order valence-corrected chi connectivity index (χ0v) is 14.8. The van der Waals surface area contributed by atoms with Crippen LogP contribution < -0.4 is 5.73 Å². The van der Waals surface area contributed by atoms with Gasteiger partial charge < -0.3 is 15.5 Å². The molecule has 2 fully saturated rings.